The van der Waals surface area contributed by atoms with Crippen LogP contribution in [0.5, 0.6) is 0 Å². The van der Waals surface area contributed by atoms with Gasteiger partial charge >= 0.3 is 0 Å². The molecule has 0 saturated heterocycles. The van der Waals surface area contributed by atoms with Crippen LogP contribution in [0.3, 0.4) is 0 Å². The lowest BCUT2D eigenvalue weighted by Gasteiger charge is -2.24. The van der Waals surface area contributed by atoms with Gasteiger partial charge in [-0.1, -0.05) is 0 Å². The third-order valence-electron chi connectivity index (χ3n) is 2.55. The molecule has 0 radical (unpaired) electrons. The lowest BCUT2D eigenvalue weighted by atomic mass is 10.2. The van der Waals surface area contributed by atoms with E-state index in [1.807, 2.05) is 25.1 Å². The maximum absolute atomic E-state index is 11.5. The van der Waals surface area contributed by atoms with Crippen LogP contribution in [0.25, 0.3) is 0 Å². The molecule has 2 N–H and O–H groups in total. The average molecular weight is 238 g/mol. The van der Waals surface area contributed by atoms with E-state index in [2.05, 4.69) is 5.32 Å². The van der Waals surface area contributed by atoms with Gasteiger partial charge in [0, 0.05) is 17.6 Å². The maximum atomic E-state index is 11.5. The minimum atomic E-state index is -0.0473. The van der Waals surface area contributed by atoms with Crippen molar-refractivity contribution < 1.29 is 9.90 Å². The summed E-state index contributed by atoms with van der Waals surface area (Å²) in [6, 6.07) is 5.78. The van der Waals surface area contributed by atoms with Gasteiger partial charge in [-0.3, -0.25) is 4.79 Å². The Labute approximate surface area is 98.6 Å². The highest BCUT2D eigenvalue weighted by molar-refractivity contribution is 8.00. The highest BCUT2D eigenvalue weighted by Crippen LogP contribution is 2.37. The quantitative estimate of drug-likeness (QED) is 0.767. The molecule has 1 aromatic carbocycles. The van der Waals surface area contributed by atoms with Crippen LogP contribution in [0.4, 0.5) is 11.4 Å². The first-order valence-electron chi connectivity index (χ1n) is 5.05. The van der Waals surface area contributed by atoms with Gasteiger partial charge in [0.05, 0.1) is 10.9 Å². The molecule has 86 valence electrons. The first-order valence-corrected chi connectivity index (χ1v) is 5.93. The highest BCUT2D eigenvalue weighted by atomic mass is 32.2. The molecule has 0 bridgehead atoms. The number of hydrogen-bond acceptors (Lipinski definition) is 4. The van der Waals surface area contributed by atoms with E-state index in [-0.39, 0.29) is 17.9 Å². The van der Waals surface area contributed by atoms with Crippen molar-refractivity contribution in [2.75, 3.05) is 24.0 Å². The fourth-order valence-corrected chi connectivity index (χ4v) is 2.45. The molecule has 1 amide bonds. The van der Waals surface area contributed by atoms with Crippen LogP contribution in [0.2, 0.25) is 0 Å². The third kappa shape index (κ3) is 2.01. The van der Waals surface area contributed by atoms with Crippen molar-refractivity contribution in [3.05, 3.63) is 18.2 Å². The minimum absolute atomic E-state index is 0.0290. The van der Waals surface area contributed by atoms with Crippen LogP contribution >= 0.6 is 11.8 Å². The minimum Gasteiger partial charge on any atom is -0.376 e. The molecule has 1 unspecified atom stereocenters. The predicted octanol–water partition coefficient (Wildman–Crippen LogP) is 1.51. The van der Waals surface area contributed by atoms with Crippen molar-refractivity contribution in [2.24, 2.45) is 0 Å². The Kier molecular flexibility index (Phi) is 3.07. The van der Waals surface area contributed by atoms with Crippen LogP contribution in [0, 0.1) is 0 Å². The molecular weight excluding hydrogens is 224 g/mol. The van der Waals surface area contributed by atoms with E-state index in [0.29, 0.717) is 0 Å². The van der Waals surface area contributed by atoms with Gasteiger partial charge in [0.15, 0.2) is 0 Å². The molecule has 2 rings (SSSR count). The molecule has 0 fully saturated rings. The number of amides is 1. The number of rotatable bonds is 2. The number of aliphatic hydroxyl groups excluding tert-OH is 1. The zero-order valence-corrected chi connectivity index (χ0v) is 10.0. The molecule has 0 spiro atoms. The second kappa shape index (κ2) is 4.35. The molecule has 0 saturated carbocycles. The van der Waals surface area contributed by atoms with Gasteiger partial charge in [-0.2, -0.15) is 0 Å². The first kappa shape index (κ1) is 11.3. The summed E-state index contributed by atoms with van der Waals surface area (Å²) >= 11 is 1.55. The Bertz CT molecular complexity index is 422. The molecular formula is C11H14N2O2S. The molecule has 16 heavy (non-hydrogen) atoms. The SMILES string of the molecule is CC1Sc2ccc(N(C)CO)cc2NC1=O. The van der Waals surface area contributed by atoms with E-state index in [4.69, 9.17) is 5.11 Å². The lowest BCUT2D eigenvalue weighted by Crippen LogP contribution is -2.27. The summed E-state index contributed by atoms with van der Waals surface area (Å²) in [6.07, 6.45) is 0. The van der Waals surface area contributed by atoms with E-state index in [9.17, 15) is 4.79 Å². The standard InChI is InChI=1S/C11H14N2O2S/c1-7-11(15)12-9-5-8(13(2)6-14)3-4-10(9)16-7/h3-5,7,14H,6H2,1-2H3,(H,12,15). The second-order valence-electron chi connectivity index (χ2n) is 3.77. The zero-order valence-electron chi connectivity index (χ0n) is 9.23. The average Bonchev–Trinajstić information content (AvgIpc) is 2.29. The second-order valence-corrected chi connectivity index (χ2v) is 5.15. The largest absolute Gasteiger partial charge is 0.376 e. The zero-order chi connectivity index (χ0) is 11.7. The summed E-state index contributed by atoms with van der Waals surface area (Å²) < 4.78 is 0. The summed E-state index contributed by atoms with van der Waals surface area (Å²) in [5.41, 5.74) is 1.71. The van der Waals surface area contributed by atoms with E-state index in [1.54, 1.807) is 23.7 Å². The van der Waals surface area contributed by atoms with Crippen molar-refractivity contribution in [3.63, 3.8) is 0 Å². The topological polar surface area (TPSA) is 52.6 Å². The normalized spacial score (nSPS) is 18.9. The van der Waals surface area contributed by atoms with Crippen LogP contribution in [-0.4, -0.2) is 30.0 Å². The number of nitrogens with zero attached hydrogens (tertiary/aromatic N) is 1. The number of carbonyl (C=O) groups is 1. The summed E-state index contributed by atoms with van der Waals surface area (Å²) in [5, 5.41) is 11.8. The van der Waals surface area contributed by atoms with Gasteiger partial charge in [-0.15, -0.1) is 11.8 Å². The smallest absolute Gasteiger partial charge is 0.237 e. The number of fused-ring (bicyclic) bond motifs is 1. The molecule has 4 nitrogen and oxygen atoms in total. The fraction of sp³-hybridized carbons (Fsp3) is 0.364. The van der Waals surface area contributed by atoms with Crippen LogP contribution in [0.15, 0.2) is 23.1 Å². The van der Waals surface area contributed by atoms with Gasteiger partial charge in [-0.05, 0) is 25.1 Å². The number of anilines is 2. The Morgan fingerprint density at radius 1 is 1.56 bits per heavy atom. The van der Waals surface area contributed by atoms with Crippen molar-refractivity contribution in [1.82, 2.24) is 0 Å². The maximum Gasteiger partial charge on any atom is 0.237 e. The monoisotopic (exact) mass is 238 g/mol. The summed E-state index contributed by atoms with van der Waals surface area (Å²) in [5.74, 6) is 0.0290. The third-order valence-corrected chi connectivity index (χ3v) is 3.72. The Balaban J connectivity index is 2.32. The molecule has 0 aromatic heterocycles. The Hall–Kier alpha value is -1.20. The lowest BCUT2D eigenvalue weighted by molar-refractivity contribution is -0.115. The molecule has 1 aliphatic rings. The van der Waals surface area contributed by atoms with Gasteiger partial charge in [-0.25, -0.2) is 0 Å². The van der Waals surface area contributed by atoms with Gasteiger partial charge in [0.25, 0.3) is 0 Å². The van der Waals surface area contributed by atoms with Crippen molar-refractivity contribution in [1.29, 1.82) is 0 Å². The Morgan fingerprint density at radius 2 is 2.31 bits per heavy atom. The fourth-order valence-electron chi connectivity index (χ4n) is 1.52. The van der Waals surface area contributed by atoms with Crippen LogP contribution in [0.1, 0.15) is 6.92 Å². The molecule has 0 aliphatic carbocycles. The van der Waals surface area contributed by atoms with E-state index < -0.39 is 0 Å². The van der Waals surface area contributed by atoms with Gasteiger partial charge in [0.2, 0.25) is 5.91 Å². The number of thioether (sulfide) groups is 1. The molecule has 1 heterocycles. The van der Waals surface area contributed by atoms with Crippen molar-refractivity contribution in [3.8, 4) is 0 Å². The highest BCUT2D eigenvalue weighted by Gasteiger charge is 2.23. The van der Waals surface area contributed by atoms with Crippen molar-refractivity contribution >= 4 is 29.0 Å². The summed E-state index contributed by atoms with van der Waals surface area (Å²) in [7, 11) is 1.79. The first-order chi connectivity index (χ1) is 7.61. The van der Waals surface area contributed by atoms with Crippen molar-refractivity contribution in [2.45, 2.75) is 17.1 Å². The van der Waals surface area contributed by atoms with E-state index in [1.165, 1.54) is 0 Å². The van der Waals surface area contributed by atoms with Gasteiger partial charge in [0.1, 0.15) is 6.73 Å². The number of nitrogens with one attached hydrogen (secondary N) is 1. The molecule has 1 atom stereocenters. The van der Waals surface area contributed by atoms with Crippen LogP contribution < -0.4 is 10.2 Å². The number of benzene rings is 1. The summed E-state index contributed by atoms with van der Waals surface area (Å²) in [6.45, 7) is 1.84. The number of hydrogen-bond donors (Lipinski definition) is 2. The summed E-state index contributed by atoms with van der Waals surface area (Å²) in [4.78, 5) is 14.3. The van der Waals surface area contributed by atoms with Crippen LogP contribution in [-0.2, 0) is 4.79 Å². The number of carbonyl (C=O) groups excluding carboxylic acids is 1. The van der Waals surface area contributed by atoms with E-state index in [0.717, 1.165) is 16.3 Å². The van der Waals surface area contributed by atoms with Gasteiger partial charge < -0.3 is 15.3 Å². The number of aliphatic hydroxyl groups is 1. The molecule has 1 aromatic rings. The molecule has 1 aliphatic heterocycles. The Morgan fingerprint density at radius 3 is 3.00 bits per heavy atom. The predicted molar refractivity (Wildman–Crippen MR) is 65.9 cm³/mol. The molecule has 5 heteroatoms. The van der Waals surface area contributed by atoms with E-state index >= 15 is 0 Å².